The number of nitrogens with two attached hydrogens (primary N) is 1. The first-order valence-corrected chi connectivity index (χ1v) is 5.39. The van der Waals surface area contributed by atoms with E-state index in [0.29, 0.717) is 4.99 Å². The molecule has 0 aromatic rings. The van der Waals surface area contributed by atoms with Crippen molar-refractivity contribution in [3.05, 3.63) is 0 Å². The molecule has 0 radical (unpaired) electrons. The van der Waals surface area contributed by atoms with Crippen LogP contribution in [0.4, 0.5) is 0 Å². The molecular formula is C10H21NOS. The minimum atomic E-state index is 0.589. The van der Waals surface area contributed by atoms with Crippen LogP contribution < -0.4 is 5.73 Å². The van der Waals surface area contributed by atoms with Crippen LogP contribution in [-0.2, 0) is 4.74 Å². The van der Waals surface area contributed by atoms with Crippen LogP contribution in [-0.4, -0.2) is 18.2 Å². The molecule has 2 nitrogen and oxygen atoms in total. The summed E-state index contributed by atoms with van der Waals surface area (Å²) in [5.74, 6) is 0.778. The van der Waals surface area contributed by atoms with Crippen molar-refractivity contribution in [1.29, 1.82) is 0 Å². The summed E-state index contributed by atoms with van der Waals surface area (Å²) in [4.78, 5) is 0.589. The Morgan fingerprint density at radius 2 is 1.92 bits per heavy atom. The minimum absolute atomic E-state index is 0.589. The van der Waals surface area contributed by atoms with Gasteiger partial charge in [0.1, 0.15) is 0 Å². The zero-order valence-electron chi connectivity index (χ0n) is 8.71. The van der Waals surface area contributed by atoms with Crippen molar-refractivity contribution in [2.45, 2.75) is 39.5 Å². The van der Waals surface area contributed by atoms with Crippen LogP contribution in [0.2, 0.25) is 0 Å². The van der Waals surface area contributed by atoms with Gasteiger partial charge in [-0.05, 0) is 31.6 Å². The molecule has 0 heterocycles. The molecule has 13 heavy (non-hydrogen) atoms. The van der Waals surface area contributed by atoms with Crippen molar-refractivity contribution in [3.63, 3.8) is 0 Å². The molecule has 0 saturated carbocycles. The fraction of sp³-hybridized carbons (Fsp3) is 0.900. The zero-order valence-corrected chi connectivity index (χ0v) is 9.53. The van der Waals surface area contributed by atoms with Crippen LogP contribution in [0.15, 0.2) is 0 Å². The largest absolute Gasteiger partial charge is 0.393 e. The minimum Gasteiger partial charge on any atom is -0.393 e. The molecular weight excluding hydrogens is 182 g/mol. The lowest BCUT2D eigenvalue weighted by Crippen LogP contribution is -2.09. The average Bonchev–Trinajstić information content (AvgIpc) is 2.01. The molecule has 3 heteroatoms. The van der Waals surface area contributed by atoms with Gasteiger partial charge in [0.15, 0.2) is 0 Å². The van der Waals surface area contributed by atoms with E-state index in [4.69, 9.17) is 22.7 Å². The Balaban J connectivity index is 2.96. The molecule has 0 aliphatic rings. The molecule has 0 aliphatic carbocycles. The Morgan fingerprint density at radius 3 is 2.46 bits per heavy atom. The Labute approximate surface area is 86.8 Å². The molecule has 78 valence electrons. The predicted molar refractivity (Wildman–Crippen MR) is 60.9 cm³/mol. The van der Waals surface area contributed by atoms with Gasteiger partial charge in [0.2, 0.25) is 0 Å². The summed E-state index contributed by atoms with van der Waals surface area (Å²) in [5, 5.41) is 0. The van der Waals surface area contributed by atoms with Gasteiger partial charge in [-0.3, -0.25) is 0 Å². The second-order valence-electron chi connectivity index (χ2n) is 3.72. The molecule has 2 N–H and O–H groups in total. The Hall–Kier alpha value is -0.150. The van der Waals surface area contributed by atoms with Gasteiger partial charge in [-0.25, -0.2) is 0 Å². The summed E-state index contributed by atoms with van der Waals surface area (Å²) in [5.41, 5.74) is 5.35. The number of hydrogen-bond acceptors (Lipinski definition) is 2. The van der Waals surface area contributed by atoms with Gasteiger partial charge in [0.25, 0.3) is 0 Å². The highest BCUT2D eigenvalue weighted by molar-refractivity contribution is 7.80. The lowest BCUT2D eigenvalue weighted by Gasteiger charge is -2.05. The lowest BCUT2D eigenvalue weighted by molar-refractivity contribution is 0.127. The normalized spacial score (nSPS) is 10.7. The fourth-order valence-electron chi connectivity index (χ4n) is 1.04. The molecule has 0 spiro atoms. The Kier molecular flexibility index (Phi) is 8.35. The zero-order chi connectivity index (χ0) is 10.1. The third kappa shape index (κ3) is 11.9. The first kappa shape index (κ1) is 12.8. The maximum Gasteiger partial charge on any atom is 0.0728 e. The van der Waals surface area contributed by atoms with Gasteiger partial charge < -0.3 is 10.5 Å². The summed E-state index contributed by atoms with van der Waals surface area (Å²) >= 11 is 4.75. The number of thiocarbonyl (C=S) groups is 1. The highest BCUT2D eigenvalue weighted by Crippen LogP contribution is 2.03. The quantitative estimate of drug-likeness (QED) is 0.486. The van der Waals surface area contributed by atoms with Crippen LogP contribution in [0.5, 0.6) is 0 Å². The third-order valence-corrected chi connectivity index (χ3v) is 1.99. The SMILES string of the molecule is CC(C)CCCOCCCC(N)=S. The molecule has 0 unspecified atom stereocenters. The van der Waals surface area contributed by atoms with Crippen molar-refractivity contribution < 1.29 is 4.74 Å². The van der Waals surface area contributed by atoms with E-state index in [2.05, 4.69) is 13.8 Å². The lowest BCUT2D eigenvalue weighted by atomic mass is 10.1. The van der Waals surface area contributed by atoms with E-state index >= 15 is 0 Å². The van der Waals surface area contributed by atoms with Crippen LogP contribution in [0.3, 0.4) is 0 Å². The van der Waals surface area contributed by atoms with E-state index in [0.717, 1.165) is 38.4 Å². The highest BCUT2D eigenvalue weighted by atomic mass is 32.1. The summed E-state index contributed by atoms with van der Waals surface area (Å²) < 4.78 is 5.42. The van der Waals surface area contributed by atoms with Gasteiger partial charge in [0, 0.05) is 13.2 Å². The topological polar surface area (TPSA) is 35.2 Å². The molecule has 0 atom stereocenters. The van der Waals surface area contributed by atoms with Gasteiger partial charge in [-0.1, -0.05) is 26.1 Å². The molecule has 0 aliphatic heterocycles. The van der Waals surface area contributed by atoms with Crippen molar-refractivity contribution >= 4 is 17.2 Å². The van der Waals surface area contributed by atoms with Gasteiger partial charge in [-0.2, -0.15) is 0 Å². The fourth-order valence-corrected chi connectivity index (χ4v) is 1.19. The monoisotopic (exact) mass is 203 g/mol. The van der Waals surface area contributed by atoms with Crippen molar-refractivity contribution in [3.8, 4) is 0 Å². The predicted octanol–water partition coefficient (Wildman–Crippen LogP) is 2.51. The first-order chi connectivity index (χ1) is 6.13. The van der Waals surface area contributed by atoms with E-state index in [1.165, 1.54) is 6.42 Å². The van der Waals surface area contributed by atoms with Crippen LogP contribution in [0.25, 0.3) is 0 Å². The van der Waals surface area contributed by atoms with Gasteiger partial charge >= 0.3 is 0 Å². The maximum atomic E-state index is 5.42. The standard InChI is InChI=1S/C10H21NOS/c1-9(2)5-3-7-12-8-4-6-10(11)13/h9H,3-8H2,1-2H3,(H2,11,13). The second kappa shape index (κ2) is 8.45. The van der Waals surface area contributed by atoms with E-state index in [1.807, 2.05) is 0 Å². The van der Waals surface area contributed by atoms with E-state index in [9.17, 15) is 0 Å². The number of ether oxygens (including phenoxy) is 1. The molecule has 0 fully saturated rings. The summed E-state index contributed by atoms with van der Waals surface area (Å²) in [6.07, 6.45) is 4.16. The van der Waals surface area contributed by atoms with Crippen LogP contribution in [0, 0.1) is 5.92 Å². The smallest absolute Gasteiger partial charge is 0.0728 e. The van der Waals surface area contributed by atoms with Crippen LogP contribution >= 0.6 is 12.2 Å². The summed E-state index contributed by atoms with van der Waals surface area (Å²) in [6, 6.07) is 0. The summed E-state index contributed by atoms with van der Waals surface area (Å²) in [7, 11) is 0. The molecule has 0 aromatic carbocycles. The maximum absolute atomic E-state index is 5.42. The van der Waals surface area contributed by atoms with Crippen molar-refractivity contribution in [1.82, 2.24) is 0 Å². The number of hydrogen-bond donors (Lipinski definition) is 1. The van der Waals surface area contributed by atoms with E-state index in [-0.39, 0.29) is 0 Å². The third-order valence-electron chi connectivity index (χ3n) is 1.78. The van der Waals surface area contributed by atoms with Crippen molar-refractivity contribution in [2.24, 2.45) is 11.7 Å². The molecule has 0 rings (SSSR count). The van der Waals surface area contributed by atoms with Gasteiger partial charge in [-0.15, -0.1) is 0 Å². The summed E-state index contributed by atoms with van der Waals surface area (Å²) in [6.45, 7) is 6.12. The van der Waals surface area contributed by atoms with Gasteiger partial charge in [0.05, 0.1) is 4.99 Å². The second-order valence-corrected chi connectivity index (χ2v) is 4.24. The van der Waals surface area contributed by atoms with Crippen molar-refractivity contribution in [2.75, 3.05) is 13.2 Å². The Bertz CT molecular complexity index is 137. The highest BCUT2D eigenvalue weighted by Gasteiger charge is 1.94. The number of rotatable bonds is 8. The van der Waals surface area contributed by atoms with E-state index in [1.54, 1.807) is 0 Å². The molecule has 0 bridgehead atoms. The average molecular weight is 203 g/mol. The molecule has 0 amide bonds. The Morgan fingerprint density at radius 1 is 1.31 bits per heavy atom. The first-order valence-electron chi connectivity index (χ1n) is 4.99. The molecule has 0 saturated heterocycles. The van der Waals surface area contributed by atoms with E-state index < -0.39 is 0 Å². The van der Waals surface area contributed by atoms with Crippen LogP contribution in [0.1, 0.15) is 39.5 Å². The molecule has 0 aromatic heterocycles.